The van der Waals surface area contributed by atoms with E-state index < -0.39 is 5.97 Å². The van der Waals surface area contributed by atoms with Crippen molar-refractivity contribution in [1.29, 1.82) is 0 Å². The van der Waals surface area contributed by atoms with Crippen molar-refractivity contribution in [2.75, 3.05) is 44.7 Å². The molecule has 0 bridgehead atoms. The van der Waals surface area contributed by atoms with Crippen molar-refractivity contribution < 1.29 is 14.6 Å². The first kappa shape index (κ1) is 26.7. The Morgan fingerprint density at radius 1 is 1.11 bits per heavy atom. The third-order valence-electron chi connectivity index (χ3n) is 7.71. The second-order valence-electron chi connectivity index (χ2n) is 10.1. The van der Waals surface area contributed by atoms with Gasteiger partial charge < -0.3 is 19.3 Å². The van der Waals surface area contributed by atoms with E-state index in [4.69, 9.17) is 27.9 Å². The molecule has 2 aliphatic rings. The monoisotopic (exact) mass is 553 g/mol. The molecular weight excluding hydrogens is 521 g/mol. The predicted molar refractivity (Wildman–Crippen MR) is 155 cm³/mol. The number of hydrogen-bond acceptors (Lipinski definition) is 4. The van der Waals surface area contributed by atoms with Crippen molar-refractivity contribution in [2.24, 2.45) is 13.0 Å². The van der Waals surface area contributed by atoms with Gasteiger partial charge in [0.1, 0.15) is 5.76 Å². The molecule has 2 fully saturated rings. The quantitative estimate of drug-likeness (QED) is 0.235. The van der Waals surface area contributed by atoms with Crippen LogP contribution in [0.25, 0.3) is 16.5 Å². The average Bonchev–Trinajstić information content (AvgIpc) is 3.69. The van der Waals surface area contributed by atoms with Crippen LogP contribution < -0.4 is 4.90 Å². The minimum atomic E-state index is -0.900. The summed E-state index contributed by atoms with van der Waals surface area (Å²) < 4.78 is 7.79. The molecule has 1 aromatic heterocycles. The summed E-state index contributed by atoms with van der Waals surface area (Å²) in [5, 5.41) is 11.5. The number of ether oxygens (including phenoxy) is 1. The highest BCUT2D eigenvalue weighted by atomic mass is 35.5. The van der Waals surface area contributed by atoms with Crippen LogP contribution in [0.2, 0.25) is 10.0 Å². The second kappa shape index (κ2) is 11.0. The molecule has 0 spiro atoms. The fraction of sp³-hybridized carbons (Fsp3) is 0.367. The Kier molecular flexibility index (Phi) is 7.75. The number of hydrogen-bond donors (Lipinski definition) is 1. The maximum atomic E-state index is 11.6. The van der Waals surface area contributed by atoms with Gasteiger partial charge in [-0.05, 0) is 60.7 Å². The Bertz CT molecular complexity index is 1400. The van der Waals surface area contributed by atoms with Gasteiger partial charge in [-0.3, -0.25) is 4.90 Å². The third kappa shape index (κ3) is 5.31. The zero-order valence-electron chi connectivity index (χ0n) is 21.8. The molecule has 5 rings (SSSR count). The van der Waals surface area contributed by atoms with Crippen LogP contribution >= 0.6 is 23.2 Å². The molecule has 1 aliphatic heterocycles. The van der Waals surface area contributed by atoms with E-state index in [1.54, 1.807) is 13.3 Å². The van der Waals surface area contributed by atoms with Gasteiger partial charge in [0.25, 0.3) is 0 Å². The summed E-state index contributed by atoms with van der Waals surface area (Å²) in [7, 11) is 3.64. The number of methoxy groups -OCH3 is 1. The molecule has 0 amide bonds. The van der Waals surface area contributed by atoms with E-state index in [-0.39, 0.29) is 0 Å². The van der Waals surface area contributed by atoms with E-state index in [2.05, 4.69) is 22.4 Å². The zero-order chi connectivity index (χ0) is 27.0. The number of carboxylic acid groups (broad SMARTS) is 1. The van der Waals surface area contributed by atoms with Gasteiger partial charge in [-0.2, -0.15) is 0 Å². The van der Waals surface area contributed by atoms with E-state index >= 15 is 0 Å². The number of benzene rings is 2. The molecule has 1 saturated carbocycles. The first-order valence-electron chi connectivity index (χ1n) is 13.0. The fourth-order valence-corrected chi connectivity index (χ4v) is 6.11. The summed E-state index contributed by atoms with van der Waals surface area (Å²) in [5.41, 5.74) is 5.13. The topological polar surface area (TPSA) is 57.9 Å². The van der Waals surface area contributed by atoms with E-state index in [1.807, 2.05) is 41.9 Å². The number of piperazine rings is 1. The number of carboxylic acids is 1. The number of aryl methyl sites for hydroxylation is 1. The molecule has 8 heteroatoms. The summed E-state index contributed by atoms with van der Waals surface area (Å²) in [4.78, 5) is 16.4. The Balaban J connectivity index is 1.28. The smallest absolute Gasteiger partial charge is 0.337 e. The van der Waals surface area contributed by atoms with Gasteiger partial charge >= 0.3 is 5.97 Å². The lowest BCUT2D eigenvalue weighted by molar-refractivity contribution is 0.0699. The lowest BCUT2D eigenvalue weighted by Crippen LogP contribution is -2.46. The number of rotatable bonds is 9. The van der Waals surface area contributed by atoms with Gasteiger partial charge in [-0.1, -0.05) is 35.8 Å². The Morgan fingerprint density at radius 2 is 1.79 bits per heavy atom. The zero-order valence-corrected chi connectivity index (χ0v) is 23.4. The van der Waals surface area contributed by atoms with Crippen LogP contribution in [0.15, 0.2) is 60.5 Å². The summed E-state index contributed by atoms with van der Waals surface area (Å²) in [6.45, 7) is 8.98. The summed E-state index contributed by atoms with van der Waals surface area (Å²) in [5.74, 6) is 0.559. The van der Waals surface area contributed by atoms with Crippen LogP contribution in [0, 0.1) is 5.92 Å². The highest BCUT2D eigenvalue weighted by Crippen LogP contribution is 2.44. The van der Waals surface area contributed by atoms with Gasteiger partial charge in [-0.25, -0.2) is 4.79 Å². The van der Waals surface area contributed by atoms with Crippen molar-refractivity contribution in [2.45, 2.75) is 19.3 Å². The van der Waals surface area contributed by atoms with Gasteiger partial charge in [0.2, 0.25) is 0 Å². The van der Waals surface area contributed by atoms with E-state index in [0.29, 0.717) is 21.5 Å². The van der Waals surface area contributed by atoms with Crippen molar-refractivity contribution in [3.63, 3.8) is 0 Å². The van der Waals surface area contributed by atoms with E-state index in [9.17, 15) is 9.90 Å². The summed E-state index contributed by atoms with van der Waals surface area (Å²) in [6, 6.07) is 11.6. The second-order valence-corrected chi connectivity index (χ2v) is 10.9. The van der Waals surface area contributed by atoms with Crippen LogP contribution in [0.4, 0.5) is 5.69 Å². The molecule has 2 heterocycles. The molecule has 200 valence electrons. The molecule has 0 atom stereocenters. The molecule has 38 heavy (non-hydrogen) atoms. The molecular formula is C30H33Cl2N3O3. The van der Waals surface area contributed by atoms with Gasteiger partial charge in [-0.15, -0.1) is 0 Å². The summed E-state index contributed by atoms with van der Waals surface area (Å²) in [6.07, 6.45) is 4.76. The van der Waals surface area contributed by atoms with Gasteiger partial charge in [0, 0.05) is 78.6 Å². The Hall–Kier alpha value is -2.93. The standard InChI is InChI=1S/C30H33Cl2N3O3/c1-19(28-25(31)5-4-6-26(28)32)22(29(38-3)20-7-8-20)11-12-34-13-15-35(16-14-34)21-9-10-23-24(30(36)37)18-33(2)27(23)17-21/h4-6,9-10,17-18,20H,1,7-8,11-16H2,2-3H3,(H,36,37)/b29-22-. The molecule has 0 radical (unpaired) electrons. The maximum absolute atomic E-state index is 11.6. The first-order chi connectivity index (χ1) is 18.3. The molecule has 3 aromatic rings. The van der Waals surface area contributed by atoms with Crippen LogP contribution in [-0.2, 0) is 11.8 Å². The first-order valence-corrected chi connectivity index (χ1v) is 13.7. The number of aromatic nitrogens is 1. The maximum Gasteiger partial charge on any atom is 0.337 e. The van der Waals surface area contributed by atoms with Gasteiger partial charge in [0.15, 0.2) is 0 Å². The van der Waals surface area contributed by atoms with Crippen molar-refractivity contribution in [3.05, 3.63) is 81.7 Å². The molecule has 1 aliphatic carbocycles. The molecule has 0 unspecified atom stereocenters. The van der Waals surface area contributed by atoms with E-state index in [0.717, 1.165) is 91.0 Å². The largest absolute Gasteiger partial charge is 0.501 e. The lowest BCUT2D eigenvalue weighted by Gasteiger charge is -2.36. The van der Waals surface area contributed by atoms with Crippen LogP contribution in [0.5, 0.6) is 0 Å². The van der Waals surface area contributed by atoms with E-state index in [1.165, 1.54) is 0 Å². The predicted octanol–water partition coefficient (Wildman–Crippen LogP) is 6.72. The molecule has 6 nitrogen and oxygen atoms in total. The number of aromatic carboxylic acids is 1. The highest BCUT2D eigenvalue weighted by molar-refractivity contribution is 6.37. The van der Waals surface area contributed by atoms with Crippen molar-refractivity contribution in [1.82, 2.24) is 9.47 Å². The third-order valence-corrected chi connectivity index (χ3v) is 8.34. The fourth-order valence-electron chi connectivity index (χ4n) is 5.48. The lowest BCUT2D eigenvalue weighted by atomic mass is 9.94. The minimum Gasteiger partial charge on any atom is -0.501 e. The van der Waals surface area contributed by atoms with Crippen LogP contribution in [0.3, 0.4) is 0 Å². The highest BCUT2D eigenvalue weighted by Gasteiger charge is 2.31. The van der Waals surface area contributed by atoms with Crippen LogP contribution in [-0.4, -0.2) is 60.4 Å². The molecule has 2 aromatic carbocycles. The number of carbonyl (C=O) groups is 1. The molecule has 1 N–H and O–H groups in total. The number of allylic oxidation sites excluding steroid dienone is 2. The van der Waals surface area contributed by atoms with Crippen molar-refractivity contribution in [3.8, 4) is 0 Å². The van der Waals surface area contributed by atoms with Gasteiger partial charge in [0.05, 0.1) is 18.2 Å². The van der Waals surface area contributed by atoms with Crippen LogP contribution in [0.1, 0.15) is 35.2 Å². The normalized spacial score (nSPS) is 17.0. The molecule has 1 saturated heterocycles. The summed E-state index contributed by atoms with van der Waals surface area (Å²) >= 11 is 13.1. The Morgan fingerprint density at radius 3 is 2.39 bits per heavy atom. The van der Waals surface area contributed by atoms with Crippen molar-refractivity contribution >= 4 is 51.3 Å². The number of anilines is 1. The number of nitrogens with zero attached hydrogens (tertiary/aromatic N) is 3. The number of halogens is 2. The SMILES string of the molecule is C=C(/C(CCN1CCN(c2ccc3c(C(=O)O)cn(C)c3c2)CC1)=C(\OC)C1CC1)c1c(Cl)cccc1Cl. The minimum absolute atomic E-state index is 0.337. The Labute approximate surface area is 233 Å². The number of fused-ring (bicyclic) bond motifs is 1. The average molecular weight is 555 g/mol.